The Kier molecular flexibility index (Phi) is 4.17. The SMILES string of the molecule is CC(=C/c1ccco1)/C=N/NC(=O)c1cnccn1. The predicted molar refractivity (Wildman–Crippen MR) is 70.3 cm³/mol. The van der Waals surface area contributed by atoms with Crippen LogP contribution in [0, 0.1) is 0 Å². The highest BCUT2D eigenvalue weighted by Gasteiger charge is 2.04. The summed E-state index contributed by atoms with van der Waals surface area (Å²) in [5.74, 6) is 0.319. The van der Waals surface area contributed by atoms with Crippen LogP contribution in [0.5, 0.6) is 0 Å². The average Bonchev–Trinajstić information content (AvgIpc) is 2.92. The Labute approximate surface area is 109 Å². The maximum atomic E-state index is 11.6. The molecule has 96 valence electrons. The summed E-state index contributed by atoms with van der Waals surface area (Å²) >= 11 is 0. The fourth-order valence-electron chi connectivity index (χ4n) is 1.30. The fourth-order valence-corrected chi connectivity index (χ4v) is 1.30. The number of hydrazone groups is 1. The van der Waals surface area contributed by atoms with Crippen molar-refractivity contribution in [2.45, 2.75) is 6.92 Å². The minimum absolute atomic E-state index is 0.215. The van der Waals surface area contributed by atoms with Gasteiger partial charge in [-0.15, -0.1) is 0 Å². The Hall–Kier alpha value is -2.76. The summed E-state index contributed by atoms with van der Waals surface area (Å²) in [4.78, 5) is 19.2. The lowest BCUT2D eigenvalue weighted by Crippen LogP contribution is -2.19. The standard InChI is InChI=1S/C13H12N4O2/c1-10(7-11-3-2-6-19-11)8-16-17-13(18)12-9-14-4-5-15-12/h2-9H,1H3,(H,17,18)/b10-7-,16-8+. The van der Waals surface area contributed by atoms with Gasteiger partial charge in [0.15, 0.2) is 0 Å². The quantitative estimate of drug-likeness (QED) is 0.669. The van der Waals surface area contributed by atoms with E-state index in [0.717, 1.165) is 11.3 Å². The summed E-state index contributed by atoms with van der Waals surface area (Å²) in [5, 5.41) is 3.83. The first-order valence-electron chi connectivity index (χ1n) is 5.57. The van der Waals surface area contributed by atoms with Crippen molar-refractivity contribution < 1.29 is 9.21 Å². The third kappa shape index (κ3) is 3.88. The largest absolute Gasteiger partial charge is 0.465 e. The van der Waals surface area contributed by atoms with Gasteiger partial charge in [0.25, 0.3) is 5.91 Å². The van der Waals surface area contributed by atoms with Gasteiger partial charge < -0.3 is 4.42 Å². The molecule has 1 amide bonds. The van der Waals surface area contributed by atoms with E-state index in [1.54, 1.807) is 18.4 Å². The average molecular weight is 256 g/mol. The molecule has 2 aromatic heterocycles. The van der Waals surface area contributed by atoms with Crippen molar-refractivity contribution in [3.63, 3.8) is 0 Å². The lowest BCUT2D eigenvalue weighted by atomic mass is 10.3. The number of nitrogens with one attached hydrogen (secondary N) is 1. The van der Waals surface area contributed by atoms with Crippen LogP contribution in [0.2, 0.25) is 0 Å². The molecule has 2 aromatic rings. The number of hydrogen-bond acceptors (Lipinski definition) is 5. The van der Waals surface area contributed by atoms with E-state index < -0.39 is 5.91 Å². The Morgan fingerprint density at radius 3 is 3.05 bits per heavy atom. The van der Waals surface area contributed by atoms with Crippen LogP contribution in [0.3, 0.4) is 0 Å². The molecule has 6 nitrogen and oxygen atoms in total. The van der Waals surface area contributed by atoms with Crippen molar-refractivity contribution in [3.05, 3.63) is 54.0 Å². The molecule has 0 saturated carbocycles. The van der Waals surface area contributed by atoms with E-state index in [1.165, 1.54) is 24.8 Å². The zero-order chi connectivity index (χ0) is 13.5. The van der Waals surface area contributed by atoms with Crippen LogP contribution < -0.4 is 5.43 Å². The minimum atomic E-state index is -0.407. The second-order valence-corrected chi connectivity index (χ2v) is 3.69. The van der Waals surface area contributed by atoms with Gasteiger partial charge in [-0.25, -0.2) is 10.4 Å². The van der Waals surface area contributed by atoms with Gasteiger partial charge in [0.2, 0.25) is 0 Å². The van der Waals surface area contributed by atoms with Crippen LogP contribution in [0.15, 0.2) is 52.1 Å². The molecule has 6 heteroatoms. The Balaban J connectivity index is 1.92. The van der Waals surface area contributed by atoms with Crippen molar-refractivity contribution in [3.8, 4) is 0 Å². The highest BCUT2D eigenvalue weighted by Crippen LogP contribution is 2.05. The zero-order valence-corrected chi connectivity index (χ0v) is 10.3. The van der Waals surface area contributed by atoms with Crippen LogP contribution in [0.4, 0.5) is 0 Å². The summed E-state index contributed by atoms with van der Waals surface area (Å²) in [7, 11) is 0. The molecule has 2 heterocycles. The molecular formula is C13H12N4O2. The number of amides is 1. The van der Waals surface area contributed by atoms with Crippen molar-refractivity contribution in [1.82, 2.24) is 15.4 Å². The number of carbonyl (C=O) groups is 1. The highest BCUT2D eigenvalue weighted by molar-refractivity contribution is 5.93. The van der Waals surface area contributed by atoms with Gasteiger partial charge >= 0.3 is 0 Å². The second kappa shape index (κ2) is 6.25. The molecule has 0 radical (unpaired) electrons. The lowest BCUT2D eigenvalue weighted by Gasteiger charge is -1.97. The third-order valence-electron chi connectivity index (χ3n) is 2.14. The van der Waals surface area contributed by atoms with Crippen LogP contribution in [-0.2, 0) is 0 Å². The van der Waals surface area contributed by atoms with E-state index in [2.05, 4.69) is 20.5 Å². The summed E-state index contributed by atoms with van der Waals surface area (Å²) in [5.41, 5.74) is 3.42. The van der Waals surface area contributed by atoms with Gasteiger partial charge in [-0.3, -0.25) is 9.78 Å². The summed E-state index contributed by atoms with van der Waals surface area (Å²) in [6.07, 6.45) is 9.23. The van der Waals surface area contributed by atoms with Gasteiger partial charge in [-0.2, -0.15) is 5.10 Å². The van der Waals surface area contributed by atoms with Crippen molar-refractivity contribution >= 4 is 18.2 Å². The fraction of sp³-hybridized carbons (Fsp3) is 0.0769. The van der Waals surface area contributed by atoms with Crippen LogP contribution in [0.1, 0.15) is 23.2 Å². The first kappa shape index (κ1) is 12.7. The zero-order valence-electron chi connectivity index (χ0n) is 10.3. The summed E-state index contributed by atoms with van der Waals surface area (Å²) < 4.78 is 5.16. The number of carbonyl (C=O) groups excluding carboxylic acids is 1. The molecule has 0 bridgehead atoms. The molecule has 0 aliphatic rings. The molecule has 0 spiro atoms. The van der Waals surface area contributed by atoms with E-state index in [4.69, 9.17) is 4.42 Å². The maximum absolute atomic E-state index is 11.6. The van der Waals surface area contributed by atoms with Crippen LogP contribution in [0.25, 0.3) is 6.08 Å². The molecule has 0 aliphatic carbocycles. The van der Waals surface area contributed by atoms with Crippen LogP contribution >= 0.6 is 0 Å². The first-order chi connectivity index (χ1) is 9.25. The molecule has 0 unspecified atom stereocenters. The number of allylic oxidation sites excluding steroid dienone is 1. The molecule has 19 heavy (non-hydrogen) atoms. The Morgan fingerprint density at radius 1 is 1.47 bits per heavy atom. The number of rotatable bonds is 4. The van der Waals surface area contributed by atoms with Gasteiger partial charge in [0, 0.05) is 12.4 Å². The molecule has 1 N–H and O–H groups in total. The minimum Gasteiger partial charge on any atom is -0.465 e. The topological polar surface area (TPSA) is 80.4 Å². The molecule has 0 fully saturated rings. The Morgan fingerprint density at radius 2 is 2.37 bits per heavy atom. The Bertz CT molecular complexity index is 588. The second-order valence-electron chi connectivity index (χ2n) is 3.69. The lowest BCUT2D eigenvalue weighted by molar-refractivity contribution is 0.0949. The monoisotopic (exact) mass is 256 g/mol. The maximum Gasteiger partial charge on any atom is 0.291 e. The van der Waals surface area contributed by atoms with Crippen molar-refractivity contribution in [2.24, 2.45) is 5.10 Å². The van der Waals surface area contributed by atoms with Gasteiger partial charge in [-0.05, 0) is 30.7 Å². The van der Waals surface area contributed by atoms with E-state index in [0.29, 0.717) is 0 Å². The molecule has 0 atom stereocenters. The molecule has 2 rings (SSSR count). The van der Waals surface area contributed by atoms with Crippen LogP contribution in [-0.4, -0.2) is 22.1 Å². The van der Waals surface area contributed by atoms with E-state index >= 15 is 0 Å². The smallest absolute Gasteiger partial charge is 0.291 e. The van der Waals surface area contributed by atoms with Crippen molar-refractivity contribution in [1.29, 1.82) is 0 Å². The highest BCUT2D eigenvalue weighted by atomic mass is 16.3. The van der Waals surface area contributed by atoms with E-state index in [1.807, 2.05) is 13.0 Å². The molecule has 0 aromatic carbocycles. The summed E-state index contributed by atoms with van der Waals surface area (Å²) in [6, 6.07) is 3.63. The van der Waals surface area contributed by atoms with Gasteiger partial charge in [0.1, 0.15) is 11.5 Å². The number of nitrogens with zero attached hydrogens (tertiary/aromatic N) is 3. The third-order valence-corrected chi connectivity index (χ3v) is 2.14. The molecular weight excluding hydrogens is 244 g/mol. The number of aromatic nitrogens is 2. The molecule has 0 aliphatic heterocycles. The van der Waals surface area contributed by atoms with E-state index in [-0.39, 0.29) is 5.69 Å². The van der Waals surface area contributed by atoms with Gasteiger partial charge in [0.05, 0.1) is 18.7 Å². The predicted octanol–water partition coefficient (Wildman–Crippen LogP) is 1.89. The summed E-state index contributed by atoms with van der Waals surface area (Å²) in [6.45, 7) is 1.85. The normalized spacial score (nSPS) is 11.7. The number of hydrogen-bond donors (Lipinski definition) is 1. The number of furan rings is 1. The van der Waals surface area contributed by atoms with E-state index in [9.17, 15) is 4.79 Å². The van der Waals surface area contributed by atoms with Crippen molar-refractivity contribution in [2.75, 3.05) is 0 Å². The molecule has 0 saturated heterocycles. The first-order valence-corrected chi connectivity index (χ1v) is 5.57. The van der Waals surface area contributed by atoms with Gasteiger partial charge in [-0.1, -0.05) is 0 Å².